The maximum Gasteiger partial charge on any atom is 0.340 e. The van der Waals surface area contributed by atoms with Crippen LogP contribution in [0.2, 0.25) is 0 Å². The van der Waals surface area contributed by atoms with Crippen molar-refractivity contribution in [2.24, 2.45) is 0 Å². The number of hydrogen-bond donors (Lipinski definition) is 0. The van der Waals surface area contributed by atoms with Gasteiger partial charge in [-0.05, 0) is 52.0 Å². The number of para-hydroxylation sites is 2. The monoisotopic (exact) mass is 380 g/mol. The molecule has 0 spiro atoms. The second kappa shape index (κ2) is 8.21. The Kier molecular flexibility index (Phi) is 5.73. The zero-order chi connectivity index (χ0) is 20.3. The third-order valence-corrected chi connectivity index (χ3v) is 4.41. The van der Waals surface area contributed by atoms with E-state index < -0.39 is 5.97 Å². The summed E-state index contributed by atoms with van der Waals surface area (Å²) in [5.74, 6) is -0.143. The number of pyridine rings is 1. The summed E-state index contributed by atoms with van der Waals surface area (Å²) in [5, 5.41) is 0. The van der Waals surface area contributed by atoms with E-state index >= 15 is 0 Å². The van der Waals surface area contributed by atoms with E-state index in [-0.39, 0.29) is 24.6 Å². The number of hydrogen-bond acceptors (Lipinski definition) is 5. The number of ether oxygens (including phenoxy) is 1. The molecule has 7 heteroatoms. The molecule has 1 aromatic carbocycles. The van der Waals surface area contributed by atoms with E-state index in [9.17, 15) is 9.59 Å². The summed E-state index contributed by atoms with van der Waals surface area (Å²) in [6.07, 6.45) is 3.13. The van der Waals surface area contributed by atoms with Gasteiger partial charge in [0.05, 0.1) is 16.6 Å². The zero-order valence-corrected chi connectivity index (χ0v) is 16.5. The predicted octanol–water partition coefficient (Wildman–Crippen LogP) is 3.22. The molecule has 7 nitrogen and oxygen atoms in total. The minimum atomic E-state index is -0.574. The van der Waals surface area contributed by atoms with Crippen LogP contribution in [-0.4, -0.2) is 50.0 Å². The third-order valence-electron chi connectivity index (χ3n) is 4.41. The molecular weight excluding hydrogens is 356 g/mol. The van der Waals surface area contributed by atoms with Crippen LogP contribution in [0.1, 0.15) is 38.1 Å². The number of amides is 1. The summed E-state index contributed by atoms with van der Waals surface area (Å²) in [6, 6.07) is 11.2. The van der Waals surface area contributed by atoms with Crippen LogP contribution in [0, 0.1) is 0 Å². The van der Waals surface area contributed by atoms with E-state index in [0.717, 1.165) is 11.0 Å². The Labute approximate surface area is 164 Å². The molecule has 1 amide bonds. The highest BCUT2D eigenvalue weighted by molar-refractivity contribution is 5.91. The van der Waals surface area contributed by atoms with Gasteiger partial charge in [0.25, 0.3) is 5.91 Å². The summed E-state index contributed by atoms with van der Waals surface area (Å²) in [7, 11) is 0. The number of rotatable bonds is 6. The van der Waals surface area contributed by atoms with E-state index in [1.807, 2.05) is 56.5 Å². The molecule has 0 aliphatic heterocycles. The highest BCUT2D eigenvalue weighted by Crippen LogP contribution is 2.16. The van der Waals surface area contributed by atoms with Gasteiger partial charge in [-0.25, -0.2) is 14.8 Å². The minimum absolute atomic E-state index is 0.0390. The number of fused-ring (bicyclic) bond motifs is 1. The van der Waals surface area contributed by atoms with E-state index in [0.29, 0.717) is 11.4 Å². The quantitative estimate of drug-likeness (QED) is 0.614. The van der Waals surface area contributed by atoms with E-state index in [4.69, 9.17) is 4.74 Å². The van der Waals surface area contributed by atoms with Crippen molar-refractivity contribution >= 4 is 22.9 Å². The first-order valence-electron chi connectivity index (χ1n) is 9.25. The van der Waals surface area contributed by atoms with Crippen LogP contribution in [0.3, 0.4) is 0 Å². The van der Waals surface area contributed by atoms with Crippen LogP contribution in [-0.2, 0) is 9.53 Å². The Morgan fingerprint density at radius 3 is 2.39 bits per heavy atom. The fourth-order valence-electron chi connectivity index (χ4n) is 3.25. The largest absolute Gasteiger partial charge is 0.452 e. The zero-order valence-electron chi connectivity index (χ0n) is 16.5. The number of nitrogens with zero attached hydrogens (tertiary/aromatic N) is 4. The van der Waals surface area contributed by atoms with Crippen molar-refractivity contribution in [2.75, 3.05) is 6.61 Å². The molecule has 0 aliphatic carbocycles. The maximum atomic E-state index is 12.3. The lowest BCUT2D eigenvalue weighted by atomic mass is 10.2. The first-order valence-corrected chi connectivity index (χ1v) is 9.25. The number of esters is 1. The molecule has 3 aromatic rings. The van der Waals surface area contributed by atoms with E-state index in [1.165, 1.54) is 6.20 Å². The molecule has 146 valence electrons. The first-order chi connectivity index (χ1) is 13.4. The topological polar surface area (TPSA) is 77.3 Å². The fraction of sp³-hybridized carbons (Fsp3) is 0.333. The Balaban J connectivity index is 1.68. The lowest BCUT2D eigenvalue weighted by Crippen LogP contribution is -2.44. The molecule has 0 radical (unpaired) electrons. The molecule has 0 atom stereocenters. The summed E-state index contributed by atoms with van der Waals surface area (Å²) >= 11 is 0. The first kappa shape index (κ1) is 19.5. The van der Waals surface area contributed by atoms with Crippen LogP contribution < -0.4 is 0 Å². The van der Waals surface area contributed by atoms with Gasteiger partial charge >= 0.3 is 5.97 Å². The van der Waals surface area contributed by atoms with Gasteiger partial charge in [0.2, 0.25) is 0 Å². The van der Waals surface area contributed by atoms with Gasteiger partial charge in [0, 0.05) is 18.3 Å². The van der Waals surface area contributed by atoms with Gasteiger partial charge in [-0.1, -0.05) is 12.1 Å². The Bertz CT molecular complexity index is 969. The molecule has 2 heterocycles. The Morgan fingerprint density at radius 2 is 1.75 bits per heavy atom. The van der Waals surface area contributed by atoms with Crippen molar-refractivity contribution < 1.29 is 14.3 Å². The van der Waals surface area contributed by atoms with E-state index in [2.05, 4.69) is 9.97 Å². The van der Waals surface area contributed by atoms with Gasteiger partial charge in [-0.3, -0.25) is 9.36 Å². The Hall–Kier alpha value is -3.22. The number of carbonyl (C=O) groups excluding carboxylic acids is 2. The number of aromatic nitrogens is 3. The van der Waals surface area contributed by atoms with Crippen LogP contribution >= 0.6 is 0 Å². The summed E-state index contributed by atoms with van der Waals surface area (Å²) in [5.41, 5.74) is 2.09. The summed E-state index contributed by atoms with van der Waals surface area (Å²) in [4.78, 5) is 35.0. The smallest absolute Gasteiger partial charge is 0.340 e. The van der Waals surface area contributed by atoms with Crippen molar-refractivity contribution in [2.45, 2.75) is 39.8 Å². The number of benzene rings is 1. The minimum Gasteiger partial charge on any atom is -0.452 e. The van der Waals surface area contributed by atoms with Crippen molar-refractivity contribution in [3.05, 3.63) is 54.5 Å². The average molecular weight is 380 g/mol. The molecular formula is C21H24N4O3. The molecule has 0 saturated carbocycles. The molecule has 0 N–H and O–H groups in total. The third kappa shape index (κ3) is 4.03. The summed E-state index contributed by atoms with van der Waals surface area (Å²) < 4.78 is 7.03. The standard InChI is InChI=1S/C21H24N4O3/c1-14(2)25(15(3)4)20(26)12-28-21(27)16-9-10-19(22-11-16)24-13-23-17-7-5-6-8-18(17)24/h5-11,13-15H,12H2,1-4H3. The van der Waals surface area contributed by atoms with Gasteiger partial charge in [0.15, 0.2) is 6.61 Å². The van der Waals surface area contributed by atoms with Gasteiger partial charge in [-0.2, -0.15) is 0 Å². The molecule has 0 unspecified atom stereocenters. The molecule has 0 bridgehead atoms. The van der Waals surface area contributed by atoms with Gasteiger partial charge in [0.1, 0.15) is 12.1 Å². The van der Waals surface area contributed by atoms with Crippen LogP contribution in [0.5, 0.6) is 0 Å². The summed E-state index contributed by atoms with van der Waals surface area (Å²) in [6.45, 7) is 7.44. The predicted molar refractivity (Wildman–Crippen MR) is 106 cm³/mol. The Morgan fingerprint density at radius 1 is 1.04 bits per heavy atom. The second-order valence-electron chi connectivity index (χ2n) is 7.07. The molecule has 0 aliphatic rings. The van der Waals surface area contributed by atoms with Gasteiger partial charge < -0.3 is 9.64 Å². The van der Waals surface area contributed by atoms with Gasteiger partial charge in [-0.15, -0.1) is 0 Å². The van der Waals surface area contributed by atoms with Crippen molar-refractivity contribution in [1.29, 1.82) is 0 Å². The van der Waals surface area contributed by atoms with Crippen LogP contribution in [0.25, 0.3) is 16.9 Å². The molecule has 0 saturated heterocycles. The SMILES string of the molecule is CC(C)N(C(=O)COC(=O)c1ccc(-n2cnc3ccccc32)nc1)C(C)C. The van der Waals surface area contributed by atoms with E-state index in [1.54, 1.807) is 23.4 Å². The number of imidazole rings is 1. The molecule has 2 aromatic heterocycles. The van der Waals surface area contributed by atoms with Crippen molar-refractivity contribution in [3.63, 3.8) is 0 Å². The van der Waals surface area contributed by atoms with Crippen LogP contribution in [0.4, 0.5) is 0 Å². The number of carbonyl (C=O) groups is 2. The molecule has 28 heavy (non-hydrogen) atoms. The fourth-order valence-corrected chi connectivity index (χ4v) is 3.25. The second-order valence-corrected chi connectivity index (χ2v) is 7.07. The maximum absolute atomic E-state index is 12.3. The lowest BCUT2D eigenvalue weighted by molar-refractivity contribution is -0.138. The average Bonchev–Trinajstić information content (AvgIpc) is 3.10. The van der Waals surface area contributed by atoms with Crippen molar-refractivity contribution in [3.8, 4) is 5.82 Å². The molecule has 0 fully saturated rings. The van der Waals surface area contributed by atoms with Crippen molar-refractivity contribution in [1.82, 2.24) is 19.4 Å². The highest BCUT2D eigenvalue weighted by atomic mass is 16.5. The van der Waals surface area contributed by atoms with Crippen LogP contribution in [0.15, 0.2) is 48.9 Å². The lowest BCUT2D eigenvalue weighted by Gasteiger charge is -2.30. The normalized spacial score (nSPS) is 11.2. The molecule has 3 rings (SSSR count). The highest BCUT2D eigenvalue weighted by Gasteiger charge is 2.21.